The smallest absolute Gasteiger partial charge is 0.146 e. The number of hydrogen-bond donors (Lipinski definition) is 1. The quantitative estimate of drug-likeness (QED) is 0.873. The van der Waals surface area contributed by atoms with E-state index in [0.29, 0.717) is 17.9 Å². The van der Waals surface area contributed by atoms with Gasteiger partial charge in [-0.15, -0.1) is 0 Å². The first-order chi connectivity index (χ1) is 10.1. The molecule has 0 aliphatic carbocycles. The van der Waals surface area contributed by atoms with Gasteiger partial charge in [-0.3, -0.25) is 4.90 Å². The summed E-state index contributed by atoms with van der Waals surface area (Å²) in [7, 11) is 0. The first-order valence-electron chi connectivity index (χ1n) is 7.93. The fourth-order valence-corrected chi connectivity index (χ4v) is 4.40. The summed E-state index contributed by atoms with van der Waals surface area (Å²) >= 11 is 0. The molecule has 2 aliphatic heterocycles. The average molecular weight is 285 g/mol. The second-order valence-corrected chi connectivity index (χ2v) is 6.54. The van der Waals surface area contributed by atoms with Crippen LogP contribution in [0.2, 0.25) is 0 Å². The van der Waals surface area contributed by atoms with E-state index in [2.05, 4.69) is 28.3 Å². The van der Waals surface area contributed by atoms with Crippen molar-refractivity contribution in [2.24, 2.45) is 0 Å². The molecule has 2 atom stereocenters. The highest BCUT2D eigenvalue weighted by Crippen LogP contribution is 2.40. The van der Waals surface area contributed by atoms with Crippen LogP contribution in [0, 0.1) is 20.8 Å². The normalized spacial score (nSPS) is 25.9. The third-order valence-corrected chi connectivity index (χ3v) is 5.44. The third-order valence-electron chi connectivity index (χ3n) is 5.44. The van der Waals surface area contributed by atoms with Crippen molar-refractivity contribution in [3.8, 4) is 0 Å². The van der Waals surface area contributed by atoms with Crippen LogP contribution in [-0.4, -0.2) is 38.6 Å². The van der Waals surface area contributed by atoms with Crippen LogP contribution in [0.25, 0.3) is 11.0 Å². The highest BCUT2D eigenvalue weighted by Gasteiger charge is 2.39. The largest absolute Gasteiger partial charge is 0.383 e. The van der Waals surface area contributed by atoms with Gasteiger partial charge in [0.1, 0.15) is 17.3 Å². The number of nitrogens with two attached hydrogens (primary N) is 1. The van der Waals surface area contributed by atoms with E-state index in [9.17, 15) is 0 Å². The number of aromatic nitrogens is 3. The number of aryl methyl sites for hydroxylation is 2. The number of rotatable bonds is 1. The maximum Gasteiger partial charge on any atom is 0.146 e. The van der Waals surface area contributed by atoms with E-state index in [1.807, 2.05) is 6.92 Å². The molecule has 2 aromatic rings. The van der Waals surface area contributed by atoms with E-state index < -0.39 is 0 Å². The summed E-state index contributed by atoms with van der Waals surface area (Å²) in [6.45, 7) is 8.74. The molecule has 21 heavy (non-hydrogen) atoms. The topological polar surface area (TPSA) is 60.0 Å². The van der Waals surface area contributed by atoms with Crippen LogP contribution < -0.4 is 5.73 Å². The second-order valence-electron chi connectivity index (χ2n) is 6.54. The summed E-state index contributed by atoms with van der Waals surface area (Å²) in [5.74, 6) is 1.39. The summed E-state index contributed by atoms with van der Waals surface area (Å²) in [6, 6.07) is 1.22. The van der Waals surface area contributed by atoms with Gasteiger partial charge < -0.3 is 10.3 Å². The van der Waals surface area contributed by atoms with Crippen LogP contribution in [0.1, 0.15) is 42.4 Å². The molecule has 2 N–H and O–H groups in total. The molecule has 0 saturated carbocycles. The van der Waals surface area contributed by atoms with Crippen molar-refractivity contribution in [3.05, 3.63) is 17.1 Å². The number of nitrogen functional groups attached to an aromatic ring is 1. The van der Waals surface area contributed by atoms with Gasteiger partial charge in [0.05, 0.1) is 11.4 Å². The molecule has 5 heteroatoms. The zero-order valence-corrected chi connectivity index (χ0v) is 13.1. The first-order valence-corrected chi connectivity index (χ1v) is 7.93. The van der Waals surface area contributed by atoms with Crippen molar-refractivity contribution in [3.63, 3.8) is 0 Å². The van der Waals surface area contributed by atoms with E-state index >= 15 is 0 Å². The van der Waals surface area contributed by atoms with Crippen molar-refractivity contribution in [2.45, 2.75) is 52.1 Å². The van der Waals surface area contributed by atoms with E-state index in [0.717, 1.165) is 16.9 Å². The molecule has 2 fully saturated rings. The summed E-state index contributed by atoms with van der Waals surface area (Å²) in [5, 5.41) is 1.05. The maximum atomic E-state index is 6.17. The molecular formula is C16H23N5. The molecule has 2 saturated heterocycles. The minimum atomic E-state index is 0.539. The Hall–Kier alpha value is -1.62. The lowest BCUT2D eigenvalue weighted by molar-refractivity contribution is 0.291. The van der Waals surface area contributed by atoms with Gasteiger partial charge in [-0.05, 0) is 52.1 Å². The third kappa shape index (κ3) is 1.73. The summed E-state index contributed by atoms with van der Waals surface area (Å²) in [4.78, 5) is 11.7. The number of hydrogen-bond acceptors (Lipinski definition) is 4. The minimum Gasteiger partial charge on any atom is -0.383 e. The fourth-order valence-electron chi connectivity index (χ4n) is 4.40. The lowest BCUT2D eigenvalue weighted by Crippen LogP contribution is -2.28. The maximum absolute atomic E-state index is 6.17. The minimum absolute atomic E-state index is 0.539. The zero-order valence-electron chi connectivity index (χ0n) is 13.1. The predicted octanol–water partition coefficient (Wildman–Crippen LogP) is 2.35. The van der Waals surface area contributed by atoms with Crippen molar-refractivity contribution in [1.82, 2.24) is 19.4 Å². The number of nitrogens with zero attached hydrogens (tertiary/aromatic N) is 4. The summed E-state index contributed by atoms with van der Waals surface area (Å²) < 4.78 is 2.45. The average Bonchev–Trinajstić information content (AvgIpc) is 3.06. The molecule has 2 aromatic heterocycles. The summed E-state index contributed by atoms with van der Waals surface area (Å²) in [5.41, 5.74) is 9.74. The number of fused-ring (bicyclic) bond motifs is 2. The molecule has 0 spiro atoms. The molecule has 112 valence electrons. The van der Waals surface area contributed by atoms with E-state index in [4.69, 9.17) is 10.7 Å². The van der Waals surface area contributed by atoms with Gasteiger partial charge in [0, 0.05) is 18.3 Å². The van der Waals surface area contributed by atoms with Crippen molar-refractivity contribution < 1.29 is 0 Å². The highest BCUT2D eigenvalue weighted by molar-refractivity contribution is 5.91. The molecule has 0 amide bonds. The Morgan fingerprint density at radius 1 is 1.05 bits per heavy atom. The standard InChI is InChI=1S/C16H23N5/c1-9-10(2)21(13-6-8-20-7-4-5-12(13)20)16-14(9)15(17)18-11(3)19-16/h12-13H,4-8H2,1-3H3,(H2,17,18,19). The lowest BCUT2D eigenvalue weighted by atomic mass is 10.1. The van der Waals surface area contributed by atoms with Gasteiger partial charge in [0.2, 0.25) is 0 Å². The Bertz CT molecular complexity index is 717. The van der Waals surface area contributed by atoms with Gasteiger partial charge in [0.15, 0.2) is 0 Å². The molecule has 0 bridgehead atoms. The molecule has 4 rings (SSSR count). The van der Waals surface area contributed by atoms with E-state index in [1.165, 1.54) is 43.6 Å². The van der Waals surface area contributed by atoms with Crippen LogP contribution in [0.5, 0.6) is 0 Å². The SMILES string of the molecule is Cc1nc(N)c2c(C)c(C)n(C3CCN4CCCC34)c2n1. The van der Waals surface area contributed by atoms with Crippen LogP contribution >= 0.6 is 0 Å². The Morgan fingerprint density at radius 3 is 2.67 bits per heavy atom. The van der Waals surface area contributed by atoms with Gasteiger partial charge in [0.25, 0.3) is 0 Å². The fraction of sp³-hybridized carbons (Fsp3) is 0.625. The molecule has 4 heterocycles. The zero-order chi connectivity index (χ0) is 14.7. The van der Waals surface area contributed by atoms with Gasteiger partial charge in [-0.2, -0.15) is 0 Å². The molecule has 0 aromatic carbocycles. The molecule has 2 aliphatic rings. The Morgan fingerprint density at radius 2 is 1.86 bits per heavy atom. The van der Waals surface area contributed by atoms with Crippen LogP contribution in [0.3, 0.4) is 0 Å². The van der Waals surface area contributed by atoms with Crippen molar-refractivity contribution in [2.75, 3.05) is 18.8 Å². The molecule has 0 radical (unpaired) electrons. The molecule has 2 unspecified atom stereocenters. The summed E-state index contributed by atoms with van der Waals surface area (Å²) in [6.07, 6.45) is 3.86. The highest BCUT2D eigenvalue weighted by atomic mass is 15.3. The predicted molar refractivity (Wildman–Crippen MR) is 84.4 cm³/mol. The monoisotopic (exact) mass is 285 g/mol. The van der Waals surface area contributed by atoms with Crippen LogP contribution in [0.15, 0.2) is 0 Å². The molecular weight excluding hydrogens is 262 g/mol. The van der Waals surface area contributed by atoms with Crippen molar-refractivity contribution >= 4 is 16.9 Å². The lowest BCUT2D eigenvalue weighted by Gasteiger charge is -2.23. The van der Waals surface area contributed by atoms with Gasteiger partial charge in [-0.1, -0.05) is 0 Å². The van der Waals surface area contributed by atoms with Crippen LogP contribution in [0.4, 0.5) is 5.82 Å². The number of anilines is 1. The Kier molecular flexibility index (Phi) is 2.76. The Labute approximate surface area is 125 Å². The van der Waals surface area contributed by atoms with Gasteiger partial charge >= 0.3 is 0 Å². The van der Waals surface area contributed by atoms with E-state index in [1.54, 1.807) is 0 Å². The van der Waals surface area contributed by atoms with Crippen molar-refractivity contribution in [1.29, 1.82) is 0 Å². The van der Waals surface area contributed by atoms with Crippen LogP contribution in [-0.2, 0) is 0 Å². The van der Waals surface area contributed by atoms with E-state index in [-0.39, 0.29) is 0 Å². The first kappa shape index (κ1) is 13.1. The Balaban J connectivity index is 1.94. The second kappa shape index (κ2) is 4.44. The molecule has 5 nitrogen and oxygen atoms in total. The van der Waals surface area contributed by atoms with Gasteiger partial charge in [-0.25, -0.2) is 9.97 Å².